The third kappa shape index (κ3) is 3.72. The highest BCUT2D eigenvalue weighted by atomic mass is 35.5. The van der Waals surface area contributed by atoms with Crippen LogP contribution in [0.15, 0.2) is 47.1 Å². The Hall–Kier alpha value is -2.51. The lowest BCUT2D eigenvalue weighted by Gasteiger charge is -2.18. The maximum atomic E-state index is 13.0. The number of rotatable bonds is 3. The monoisotopic (exact) mass is 428 g/mol. The second-order valence-corrected chi connectivity index (χ2v) is 7.09. The normalized spacial score (nSPS) is 14.9. The number of alkyl halides is 3. The fourth-order valence-corrected chi connectivity index (χ4v) is 3.30. The van der Waals surface area contributed by atoms with Gasteiger partial charge in [-0.25, -0.2) is 4.90 Å². The van der Waals surface area contributed by atoms with Gasteiger partial charge in [-0.15, -0.1) is 0 Å². The maximum Gasteiger partial charge on any atom is 0.416 e. The molecule has 0 radical (unpaired) electrons. The molecule has 4 nitrogen and oxygen atoms in total. The van der Waals surface area contributed by atoms with Gasteiger partial charge in [-0.3, -0.25) is 9.59 Å². The lowest BCUT2D eigenvalue weighted by atomic mass is 10.1. The number of carbonyl (C=O) groups is 2. The van der Waals surface area contributed by atoms with E-state index in [1.807, 2.05) is 19.9 Å². The van der Waals surface area contributed by atoms with Crippen LogP contribution >= 0.6 is 23.2 Å². The number of anilines is 2. The van der Waals surface area contributed by atoms with Crippen LogP contribution < -0.4 is 10.2 Å². The Bertz CT molecular complexity index is 1010. The van der Waals surface area contributed by atoms with Crippen molar-refractivity contribution in [1.29, 1.82) is 0 Å². The Balaban J connectivity index is 1.99. The summed E-state index contributed by atoms with van der Waals surface area (Å²) in [6.07, 6.45) is -4.66. The summed E-state index contributed by atoms with van der Waals surface area (Å²) in [6.45, 7) is 3.70. The molecule has 0 aromatic heterocycles. The van der Waals surface area contributed by atoms with Gasteiger partial charge in [0.1, 0.15) is 10.7 Å². The molecule has 9 heteroatoms. The van der Waals surface area contributed by atoms with Crippen molar-refractivity contribution in [2.24, 2.45) is 0 Å². The van der Waals surface area contributed by atoms with E-state index in [0.29, 0.717) is 16.7 Å². The van der Waals surface area contributed by atoms with Crippen LogP contribution in [-0.2, 0) is 15.8 Å². The fraction of sp³-hybridized carbons (Fsp3) is 0.158. The highest BCUT2D eigenvalue weighted by molar-refractivity contribution is 6.53. The number of hydrogen-bond acceptors (Lipinski definition) is 3. The molecule has 0 atom stereocenters. The molecule has 2 amide bonds. The van der Waals surface area contributed by atoms with Crippen molar-refractivity contribution in [1.82, 2.24) is 0 Å². The lowest BCUT2D eigenvalue weighted by Crippen LogP contribution is -2.32. The molecule has 28 heavy (non-hydrogen) atoms. The highest BCUT2D eigenvalue weighted by Crippen LogP contribution is 2.38. The van der Waals surface area contributed by atoms with Crippen molar-refractivity contribution >= 4 is 46.4 Å². The van der Waals surface area contributed by atoms with E-state index in [-0.39, 0.29) is 16.4 Å². The molecular weight excluding hydrogens is 416 g/mol. The van der Waals surface area contributed by atoms with Crippen molar-refractivity contribution in [2.45, 2.75) is 20.0 Å². The second-order valence-electron chi connectivity index (χ2n) is 6.30. The van der Waals surface area contributed by atoms with E-state index in [9.17, 15) is 22.8 Å². The Labute approximate surface area is 168 Å². The largest absolute Gasteiger partial charge is 0.416 e. The number of carbonyl (C=O) groups excluding carboxylic acids is 2. The van der Waals surface area contributed by atoms with Gasteiger partial charge in [0.2, 0.25) is 0 Å². The third-order valence-corrected chi connectivity index (χ3v) is 4.70. The van der Waals surface area contributed by atoms with Gasteiger partial charge >= 0.3 is 6.18 Å². The average Bonchev–Trinajstić information content (AvgIpc) is 2.77. The first-order chi connectivity index (χ1) is 13.0. The zero-order valence-electron chi connectivity index (χ0n) is 14.6. The van der Waals surface area contributed by atoms with Gasteiger partial charge in [0.15, 0.2) is 0 Å². The molecule has 2 aromatic rings. The van der Waals surface area contributed by atoms with Crippen LogP contribution in [0.2, 0.25) is 5.02 Å². The van der Waals surface area contributed by atoms with Gasteiger partial charge in [0.25, 0.3) is 11.8 Å². The number of nitrogens with zero attached hydrogens (tertiary/aromatic N) is 1. The van der Waals surface area contributed by atoms with Crippen LogP contribution in [0.1, 0.15) is 16.7 Å². The number of amides is 2. The molecule has 0 fully saturated rings. The van der Waals surface area contributed by atoms with Crippen molar-refractivity contribution in [2.75, 3.05) is 10.2 Å². The van der Waals surface area contributed by atoms with E-state index in [4.69, 9.17) is 23.2 Å². The Morgan fingerprint density at radius 2 is 1.54 bits per heavy atom. The molecule has 0 saturated heterocycles. The van der Waals surface area contributed by atoms with Crippen molar-refractivity contribution in [3.8, 4) is 0 Å². The van der Waals surface area contributed by atoms with E-state index in [0.717, 1.165) is 23.3 Å². The molecule has 1 N–H and O–H groups in total. The first-order valence-electron chi connectivity index (χ1n) is 7.99. The first-order valence-corrected chi connectivity index (χ1v) is 8.75. The minimum Gasteiger partial charge on any atom is -0.350 e. The van der Waals surface area contributed by atoms with Gasteiger partial charge in [0.05, 0.1) is 16.3 Å². The number of benzene rings is 2. The van der Waals surface area contributed by atoms with Crippen molar-refractivity contribution < 1.29 is 22.8 Å². The summed E-state index contributed by atoms with van der Waals surface area (Å²) in [5.74, 6) is -1.85. The van der Waals surface area contributed by atoms with Crippen LogP contribution in [0.4, 0.5) is 24.5 Å². The standard InChI is InChI=1S/C19H13Cl2F3N2O2/c1-9-5-10(2)7-12(6-9)25-16-15(21)17(27)26(18(16)28)14-8-11(19(22,23)24)3-4-13(14)20/h3-8,25H,1-2H3. The summed E-state index contributed by atoms with van der Waals surface area (Å²) < 4.78 is 39.1. The van der Waals surface area contributed by atoms with E-state index in [1.165, 1.54) is 0 Å². The number of aryl methyl sites for hydroxylation is 2. The van der Waals surface area contributed by atoms with Gasteiger partial charge in [-0.2, -0.15) is 13.2 Å². The zero-order valence-corrected chi connectivity index (χ0v) is 16.1. The molecule has 1 aliphatic rings. The number of hydrogen-bond donors (Lipinski definition) is 1. The summed E-state index contributed by atoms with van der Waals surface area (Å²) in [5.41, 5.74) is 0.678. The molecule has 1 heterocycles. The molecular formula is C19H13Cl2F3N2O2. The van der Waals surface area contributed by atoms with Crippen LogP contribution in [0.5, 0.6) is 0 Å². The van der Waals surface area contributed by atoms with E-state index in [1.54, 1.807) is 12.1 Å². The predicted octanol–water partition coefficient (Wildman–Crippen LogP) is 5.41. The topological polar surface area (TPSA) is 49.4 Å². The summed E-state index contributed by atoms with van der Waals surface area (Å²) in [4.78, 5) is 25.8. The van der Waals surface area contributed by atoms with Gasteiger partial charge in [-0.1, -0.05) is 29.3 Å². The first kappa shape index (κ1) is 20.2. The summed E-state index contributed by atoms with van der Waals surface area (Å²) in [5, 5.41) is 2.17. The second kappa shape index (κ2) is 7.14. The van der Waals surface area contributed by atoms with Crippen LogP contribution in [0, 0.1) is 13.8 Å². The highest BCUT2D eigenvalue weighted by Gasteiger charge is 2.41. The van der Waals surface area contributed by atoms with Crippen LogP contribution in [0.3, 0.4) is 0 Å². The van der Waals surface area contributed by atoms with E-state index >= 15 is 0 Å². The molecule has 1 aliphatic heterocycles. The molecule has 0 bridgehead atoms. The minimum absolute atomic E-state index is 0.188. The molecule has 0 saturated carbocycles. The average molecular weight is 429 g/mol. The van der Waals surface area contributed by atoms with Crippen LogP contribution in [0.25, 0.3) is 0 Å². The van der Waals surface area contributed by atoms with Crippen molar-refractivity contribution in [3.05, 3.63) is 68.8 Å². The summed E-state index contributed by atoms with van der Waals surface area (Å²) in [7, 11) is 0. The predicted molar refractivity (Wildman–Crippen MR) is 101 cm³/mol. The minimum atomic E-state index is -4.66. The maximum absolute atomic E-state index is 13.0. The summed E-state index contributed by atoms with van der Waals surface area (Å²) in [6, 6.07) is 7.77. The smallest absolute Gasteiger partial charge is 0.350 e. The Morgan fingerprint density at radius 3 is 2.11 bits per heavy atom. The number of nitrogens with one attached hydrogen (secondary N) is 1. The van der Waals surface area contributed by atoms with E-state index in [2.05, 4.69) is 5.32 Å². The molecule has 146 valence electrons. The summed E-state index contributed by atoms with van der Waals surface area (Å²) >= 11 is 12.0. The van der Waals surface area contributed by atoms with Gasteiger partial charge in [0, 0.05) is 5.69 Å². The Morgan fingerprint density at radius 1 is 0.929 bits per heavy atom. The molecule has 0 unspecified atom stereocenters. The fourth-order valence-electron chi connectivity index (χ4n) is 2.88. The van der Waals surface area contributed by atoms with Gasteiger partial charge < -0.3 is 5.32 Å². The quantitative estimate of drug-likeness (QED) is 0.664. The van der Waals surface area contributed by atoms with Crippen molar-refractivity contribution in [3.63, 3.8) is 0 Å². The number of imide groups is 1. The van der Waals surface area contributed by atoms with E-state index < -0.39 is 28.6 Å². The SMILES string of the molecule is Cc1cc(C)cc(NC2=C(Cl)C(=O)N(c3cc(C(F)(F)F)ccc3Cl)C2=O)c1. The third-order valence-electron chi connectivity index (χ3n) is 4.03. The molecule has 2 aromatic carbocycles. The molecule has 3 rings (SSSR count). The number of halogens is 5. The molecule has 0 aliphatic carbocycles. The lowest BCUT2D eigenvalue weighted by molar-refractivity contribution is -0.137. The van der Waals surface area contributed by atoms with Gasteiger partial charge in [-0.05, 0) is 55.3 Å². The molecule has 0 spiro atoms. The van der Waals surface area contributed by atoms with Crippen LogP contribution in [-0.4, -0.2) is 11.8 Å². The Kier molecular flexibility index (Phi) is 5.16. The zero-order chi connectivity index (χ0) is 20.8.